The van der Waals surface area contributed by atoms with Gasteiger partial charge in [0, 0.05) is 25.0 Å². The van der Waals surface area contributed by atoms with Crippen molar-refractivity contribution in [2.75, 3.05) is 11.9 Å². The molecule has 3 rings (SSSR count). The van der Waals surface area contributed by atoms with Gasteiger partial charge < -0.3 is 10.6 Å². The number of hydrogen-bond acceptors (Lipinski definition) is 3. The quantitative estimate of drug-likeness (QED) is 0.912. The smallest absolute Gasteiger partial charge is 0.270 e. The van der Waals surface area contributed by atoms with Gasteiger partial charge in [-0.2, -0.15) is 0 Å². The number of aromatic nitrogens is 1. The number of rotatable bonds is 4. The molecule has 4 nitrogen and oxygen atoms in total. The zero-order valence-electron chi connectivity index (χ0n) is 12.9. The zero-order chi connectivity index (χ0) is 15.4. The van der Waals surface area contributed by atoms with Crippen molar-refractivity contribution >= 4 is 11.6 Å². The minimum atomic E-state index is -0.114. The second-order valence-electron chi connectivity index (χ2n) is 5.56. The molecule has 1 aliphatic heterocycles. The molecule has 0 atom stereocenters. The van der Waals surface area contributed by atoms with E-state index in [0.29, 0.717) is 12.2 Å². The van der Waals surface area contributed by atoms with Gasteiger partial charge in [0.2, 0.25) is 0 Å². The summed E-state index contributed by atoms with van der Waals surface area (Å²) in [4.78, 5) is 16.4. The molecule has 1 aliphatic rings. The molecule has 2 N–H and O–H groups in total. The molecule has 0 saturated carbocycles. The van der Waals surface area contributed by atoms with Gasteiger partial charge in [0.15, 0.2) is 0 Å². The normalized spacial score (nSPS) is 13.1. The summed E-state index contributed by atoms with van der Waals surface area (Å²) in [5.41, 5.74) is 5.32. The topological polar surface area (TPSA) is 54.0 Å². The lowest BCUT2D eigenvalue weighted by Gasteiger charge is -2.21. The van der Waals surface area contributed by atoms with Crippen LogP contribution in [0.4, 0.5) is 5.69 Å². The fourth-order valence-electron chi connectivity index (χ4n) is 2.83. The summed E-state index contributed by atoms with van der Waals surface area (Å²) < 4.78 is 0. The van der Waals surface area contributed by atoms with Crippen LogP contribution in [0.3, 0.4) is 0 Å². The van der Waals surface area contributed by atoms with E-state index in [-0.39, 0.29) is 5.91 Å². The molecule has 0 bridgehead atoms. The zero-order valence-corrected chi connectivity index (χ0v) is 12.9. The van der Waals surface area contributed by atoms with E-state index in [0.717, 1.165) is 31.4 Å². The summed E-state index contributed by atoms with van der Waals surface area (Å²) in [6, 6.07) is 10.0. The second-order valence-corrected chi connectivity index (χ2v) is 5.56. The Balaban J connectivity index is 1.71. The number of nitrogens with one attached hydrogen (secondary N) is 2. The SMILES string of the molecule is CCc1ccnc(C(=O)NCc2cccc3c2CCCN3)c1. The fraction of sp³-hybridized carbons (Fsp3) is 0.333. The maximum Gasteiger partial charge on any atom is 0.270 e. The van der Waals surface area contributed by atoms with Crippen molar-refractivity contribution in [1.82, 2.24) is 10.3 Å². The Bertz CT molecular complexity index is 682. The summed E-state index contributed by atoms with van der Waals surface area (Å²) in [5.74, 6) is -0.114. The number of nitrogens with zero attached hydrogens (tertiary/aromatic N) is 1. The van der Waals surface area contributed by atoms with Gasteiger partial charge in [-0.15, -0.1) is 0 Å². The van der Waals surface area contributed by atoms with E-state index in [4.69, 9.17) is 0 Å². The Hall–Kier alpha value is -2.36. The Kier molecular flexibility index (Phi) is 4.37. The Labute approximate surface area is 131 Å². The highest BCUT2D eigenvalue weighted by molar-refractivity contribution is 5.92. The Morgan fingerprint density at radius 2 is 2.27 bits per heavy atom. The van der Waals surface area contributed by atoms with Crippen molar-refractivity contribution in [1.29, 1.82) is 0 Å². The molecule has 4 heteroatoms. The van der Waals surface area contributed by atoms with Crippen LogP contribution in [0.25, 0.3) is 0 Å². The third-order valence-corrected chi connectivity index (χ3v) is 4.10. The van der Waals surface area contributed by atoms with Gasteiger partial charge in [-0.1, -0.05) is 19.1 Å². The molecule has 0 saturated heterocycles. The van der Waals surface area contributed by atoms with Gasteiger partial charge in [-0.05, 0) is 54.2 Å². The first kappa shape index (κ1) is 14.6. The average Bonchev–Trinajstić information content (AvgIpc) is 2.59. The van der Waals surface area contributed by atoms with Crippen LogP contribution >= 0.6 is 0 Å². The number of pyridine rings is 1. The van der Waals surface area contributed by atoms with Crippen LogP contribution in [0, 0.1) is 0 Å². The van der Waals surface area contributed by atoms with Gasteiger partial charge in [-0.3, -0.25) is 9.78 Å². The summed E-state index contributed by atoms with van der Waals surface area (Å²) in [5, 5.41) is 6.40. The highest BCUT2D eigenvalue weighted by atomic mass is 16.1. The molecule has 0 spiro atoms. The number of carbonyl (C=O) groups is 1. The van der Waals surface area contributed by atoms with Crippen LogP contribution in [0.15, 0.2) is 36.5 Å². The molecular formula is C18H21N3O. The van der Waals surface area contributed by atoms with Crippen molar-refractivity contribution in [3.8, 4) is 0 Å². The maximum absolute atomic E-state index is 12.3. The largest absolute Gasteiger partial charge is 0.385 e. The molecule has 0 aliphatic carbocycles. The van der Waals surface area contributed by atoms with Crippen LogP contribution in [-0.4, -0.2) is 17.4 Å². The number of anilines is 1. The molecule has 2 heterocycles. The van der Waals surface area contributed by atoms with Crippen LogP contribution in [-0.2, 0) is 19.4 Å². The van der Waals surface area contributed by atoms with Gasteiger partial charge in [-0.25, -0.2) is 0 Å². The van der Waals surface area contributed by atoms with Crippen molar-refractivity contribution in [2.24, 2.45) is 0 Å². The summed E-state index contributed by atoms with van der Waals surface area (Å²) in [7, 11) is 0. The minimum absolute atomic E-state index is 0.114. The van der Waals surface area contributed by atoms with Crippen molar-refractivity contribution in [3.63, 3.8) is 0 Å². The van der Waals surface area contributed by atoms with E-state index < -0.39 is 0 Å². The lowest BCUT2D eigenvalue weighted by Crippen LogP contribution is -2.25. The first-order valence-electron chi connectivity index (χ1n) is 7.85. The van der Waals surface area contributed by atoms with Gasteiger partial charge in [0.05, 0.1) is 0 Å². The standard InChI is InChI=1S/C18H21N3O/c1-2-13-8-10-20-17(11-13)18(22)21-12-14-5-3-7-16-15(14)6-4-9-19-16/h3,5,7-8,10-11,19H,2,4,6,9,12H2,1H3,(H,21,22). The molecule has 1 aromatic heterocycles. The monoisotopic (exact) mass is 295 g/mol. The van der Waals surface area contributed by atoms with Gasteiger partial charge >= 0.3 is 0 Å². The minimum Gasteiger partial charge on any atom is -0.385 e. The maximum atomic E-state index is 12.3. The third-order valence-electron chi connectivity index (χ3n) is 4.10. The molecule has 0 unspecified atom stereocenters. The number of amides is 1. The van der Waals surface area contributed by atoms with E-state index in [9.17, 15) is 4.79 Å². The van der Waals surface area contributed by atoms with Gasteiger partial charge in [0.1, 0.15) is 5.69 Å². The predicted octanol–water partition coefficient (Wildman–Crippen LogP) is 2.93. The average molecular weight is 295 g/mol. The first-order chi connectivity index (χ1) is 10.8. The van der Waals surface area contributed by atoms with E-state index >= 15 is 0 Å². The number of fused-ring (bicyclic) bond motifs is 1. The molecule has 1 amide bonds. The highest BCUT2D eigenvalue weighted by Crippen LogP contribution is 2.25. The van der Waals surface area contributed by atoms with E-state index in [2.05, 4.69) is 34.7 Å². The highest BCUT2D eigenvalue weighted by Gasteiger charge is 2.13. The van der Waals surface area contributed by atoms with Crippen molar-refractivity contribution < 1.29 is 4.79 Å². The lowest BCUT2D eigenvalue weighted by molar-refractivity contribution is 0.0945. The Morgan fingerprint density at radius 3 is 3.14 bits per heavy atom. The van der Waals surface area contributed by atoms with Crippen LogP contribution in [0.2, 0.25) is 0 Å². The molecule has 0 radical (unpaired) electrons. The Morgan fingerprint density at radius 1 is 1.36 bits per heavy atom. The molecule has 114 valence electrons. The summed E-state index contributed by atoms with van der Waals surface area (Å²) in [6.45, 7) is 3.64. The molecule has 22 heavy (non-hydrogen) atoms. The molecule has 1 aromatic carbocycles. The predicted molar refractivity (Wildman–Crippen MR) is 88.0 cm³/mol. The van der Waals surface area contributed by atoms with Crippen LogP contribution < -0.4 is 10.6 Å². The number of carbonyl (C=O) groups excluding carboxylic acids is 1. The number of aryl methyl sites for hydroxylation is 1. The van der Waals surface area contributed by atoms with Gasteiger partial charge in [0.25, 0.3) is 5.91 Å². The summed E-state index contributed by atoms with van der Waals surface area (Å²) in [6.07, 6.45) is 4.80. The molecular weight excluding hydrogens is 274 g/mol. The number of benzene rings is 1. The van der Waals surface area contributed by atoms with E-state index in [1.54, 1.807) is 6.20 Å². The van der Waals surface area contributed by atoms with E-state index in [1.807, 2.05) is 18.2 Å². The third kappa shape index (κ3) is 3.11. The van der Waals surface area contributed by atoms with Crippen molar-refractivity contribution in [2.45, 2.75) is 32.7 Å². The van der Waals surface area contributed by atoms with Crippen LogP contribution in [0.5, 0.6) is 0 Å². The second kappa shape index (κ2) is 6.60. The fourth-order valence-corrected chi connectivity index (χ4v) is 2.83. The first-order valence-corrected chi connectivity index (χ1v) is 7.85. The van der Waals surface area contributed by atoms with E-state index in [1.165, 1.54) is 16.8 Å². The lowest BCUT2D eigenvalue weighted by atomic mass is 9.97. The summed E-state index contributed by atoms with van der Waals surface area (Å²) >= 11 is 0. The molecule has 0 fully saturated rings. The molecule has 2 aromatic rings. The van der Waals surface area contributed by atoms with Crippen LogP contribution in [0.1, 0.15) is 40.5 Å². The number of hydrogen-bond donors (Lipinski definition) is 2. The van der Waals surface area contributed by atoms with Crippen molar-refractivity contribution in [3.05, 3.63) is 58.9 Å².